The van der Waals surface area contributed by atoms with Crippen molar-refractivity contribution in [3.05, 3.63) is 77.4 Å². The molecule has 0 fully saturated rings. The second-order valence-corrected chi connectivity index (χ2v) is 6.46. The molecule has 0 spiro atoms. The van der Waals surface area contributed by atoms with Crippen molar-refractivity contribution in [2.45, 2.75) is 18.8 Å². The number of methoxy groups -OCH3 is 1. The number of para-hydroxylation sites is 1. The molecule has 1 aliphatic rings. The van der Waals surface area contributed by atoms with Gasteiger partial charge in [0.2, 0.25) is 5.95 Å². The maximum atomic E-state index is 13.1. The van der Waals surface area contributed by atoms with E-state index in [1.54, 1.807) is 25.4 Å². The van der Waals surface area contributed by atoms with Crippen LogP contribution in [0.15, 0.2) is 54.7 Å². The van der Waals surface area contributed by atoms with E-state index in [4.69, 9.17) is 4.74 Å². The minimum Gasteiger partial charge on any atom is -0.496 e. The van der Waals surface area contributed by atoms with Gasteiger partial charge in [0.1, 0.15) is 11.6 Å². The van der Waals surface area contributed by atoms with Gasteiger partial charge in [0, 0.05) is 24.2 Å². The number of nitrogens with one attached hydrogen (secondary N) is 1. The van der Waals surface area contributed by atoms with Crippen molar-refractivity contribution in [3.63, 3.8) is 0 Å². The summed E-state index contributed by atoms with van der Waals surface area (Å²) in [6.07, 6.45) is 2.60. The summed E-state index contributed by atoms with van der Waals surface area (Å²) in [5.74, 6) is 0.888. The molecule has 136 valence electrons. The summed E-state index contributed by atoms with van der Waals surface area (Å²) in [5, 5.41) is 3.05. The molecule has 2 aromatic carbocycles. The molecule has 3 aromatic rings. The van der Waals surface area contributed by atoms with E-state index in [9.17, 15) is 9.18 Å². The average molecular weight is 363 g/mol. The van der Waals surface area contributed by atoms with E-state index in [-0.39, 0.29) is 17.5 Å². The Morgan fingerprint density at radius 3 is 2.67 bits per heavy atom. The molecule has 1 aromatic heterocycles. The molecule has 0 amide bonds. The van der Waals surface area contributed by atoms with Crippen molar-refractivity contribution in [2.24, 2.45) is 0 Å². The maximum absolute atomic E-state index is 13.1. The summed E-state index contributed by atoms with van der Waals surface area (Å²) < 4.78 is 18.5. The molecule has 0 aliphatic heterocycles. The Balaban J connectivity index is 1.62. The lowest BCUT2D eigenvalue weighted by atomic mass is 9.82. The lowest BCUT2D eigenvalue weighted by Gasteiger charge is -2.24. The van der Waals surface area contributed by atoms with Crippen molar-refractivity contribution in [1.82, 2.24) is 9.97 Å². The van der Waals surface area contributed by atoms with Gasteiger partial charge in [0.25, 0.3) is 0 Å². The minimum absolute atomic E-state index is 0.00900. The maximum Gasteiger partial charge on any atom is 0.227 e. The summed E-state index contributed by atoms with van der Waals surface area (Å²) in [5.41, 5.74) is 2.96. The van der Waals surface area contributed by atoms with Gasteiger partial charge in [-0.05, 0) is 42.3 Å². The van der Waals surface area contributed by atoms with Crippen LogP contribution in [-0.4, -0.2) is 22.9 Å². The zero-order chi connectivity index (χ0) is 18.8. The van der Waals surface area contributed by atoms with Gasteiger partial charge >= 0.3 is 0 Å². The van der Waals surface area contributed by atoms with Gasteiger partial charge in [-0.2, -0.15) is 0 Å². The summed E-state index contributed by atoms with van der Waals surface area (Å²) >= 11 is 0. The van der Waals surface area contributed by atoms with Crippen LogP contribution in [0.25, 0.3) is 0 Å². The highest BCUT2D eigenvalue weighted by atomic mass is 19.1. The molecule has 0 radical (unpaired) electrons. The number of nitrogens with zero attached hydrogens (tertiary/aromatic N) is 2. The van der Waals surface area contributed by atoms with E-state index in [1.807, 2.05) is 24.3 Å². The van der Waals surface area contributed by atoms with Gasteiger partial charge in [0.05, 0.1) is 18.4 Å². The third kappa shape index (κ3) is 3.51. The Morgan fingerprint density at radius 2 is 1.89 bits per heavy atom. The van der Waals surface area contributed by atoms with Gasteiger partial charge in [-0.3, -0.25) is 4.79 Å². The second kappa shape index (κ2) is 7.15. The monoisotopic (exact) mass is 363 g/mol. The van der Waals surface area contributed by atoms with E-state index in [0.29, 0.717) is 35.7 Å². The Morgan fingerprint density at radius 1 is 1.11 bits per heavy atom. The predicted octanol–water partition coefficient (Wildman–Crippen LogP) is 4.28. The SMILES string of the molecule is COc1ccccc1[C@@H]1CC(=O)c2cnc(Nc3ccc(F)cc3)nc2C1. The minimum atomic E-state index is -0.308. The summed E-state index contributed by atoms with van der Waals surface area (Å²) in [6, 6.07) is 13.7. The van der Waals surface area contributed by atoms with Crippen LogP contribution in [0.1, 0.15) is 34.0 Å². The van der Waals surface area contributed by atoms with Crippen LogP contribution < -0.4 is 10.1 Å². The van der Waals surface area contributed by atoms with E-state index >= 15 is 0 Å². The Labute approximate surface area is 156 Å². The first-order chi connectivity index (χ1) is 13.1. The summed E-state index contributed by atoms with van der Waals surface area (Å²) in [7, 11) is 1.63. The zero-order valence-corrected chi connectivity index (χ0v) is 14.8. The molecule has 6 heteroatoms. The van der Waals surface area contributed by atoms with Crippen molar-refractivity contribution in [3.8, 4) is 5.75 Å². The molecule has 0 saturated heterocycles. The molecule has 0 saturated carbocycles. The van der Waals surface area contributed by atoms with E-state index in [1.165, 1.54) is 12.1 Å². The number of ketones is 1. The van der Waals surface area contributed by atoms with Gasteiger partial charge in [-0.25, -0.2) is 14.4 Å². The average Bonchev–Trinajstić information content (AvgIpc) is 2.69. The lowest BCUT2D eigenvalue weighted by Crippen LogP contribution is -2.21. The number of rotatable bonds is 4. The quantitative estimate of drug-likeness (QED) is 0.749. The predicted molar refractivity (Wildman–Crippen MR) is 100 cm³/mol. The number of halogens is 1. The number of aromatic nitrogens is 2. The first-order valence-electron chi connectivity index (χ1n) is 8.68. The molecule has 5 nitrogen and oxygen atoms in total. The third-order valence-electron chi connectivity index (χ3n) is 4.72. The number of hydrogen-bond donors (Lipinski definition) is 1. The number of fused-ring (bicyclic) bond motifs is 1. The number of carbonyl (C=O) groups is 1. The fourth-order valence-electron chi connectivity index (χ4n) is 3.39. The van der Waals surface area contributed by atoms with E-state index in [0.717, 1.165) is 11.3 Å². The summed E-state index contributed by atoms with van der Waals surface area (Å²) in [6.45, 7) is 0. The lowest BCUT2D eigenvalue weighted by molar-refractivity contribution is 0.0962. The number of ether oxygens (including phenoxy) is 1. The van der Waals surface area contributed by atoms with E-state index in [2.05, 4.69) is 15.3 Å². The van der Waals surface area contributed by atoms with Crippen LogP contribution in [0, 0.1) is 5.82 Å². The van der Waals surface area contributed by atoms with Gasteiger partial charge in [-0.15, -0.1) is 0 Å². The second-order valence-electron chi connectivity index (χ2n) is 6.46. The molecule has 0 unspecified atom stereocenters. The Bertz CT molecular complexity index is 989. The third-order valence-corrected chi connectivity index (χ3v) is 4.72. The smallest absolute Gasteiger partial charge is 0.227 e. The van der Waals surface area contributed by atoms with Crippen LogP contribution in [0.4, 0.5) is 16.0 Å². The van der Waals surface area contributed by atoms with Crippen molar-refractivity contribution in [2.75, 3.05) is 12.4 Å². The van der Waals surface area contributed by atoms with Crippen LogP contribution >= 0.6 is 0 Å². The molecule has 1 N–H and O–H groups in total. The first kappa shape index (κ1) is 17.1. The molecular weight excluding hydrogens is 345 g/mol. The van der Waals surface area contributed by atoms with Gasteiger partial charge in [-0.1, -0.05) is 18.2 Å². The molecular formula is C21H18FN3O2. The summed E-state index contributed by atoms with van der Waals surface area (Å²) in [4.78, 5) is 21.4. The van der Waals surface area contributed by atoms with Crippen molar-refractivity contribution in [1.29, 1.82) is 0 Å². The molecule has 1 aliphatic carbocycles. The van der Waals surface area contributed by atoms with Gasteiger partial charge < -0.3 is 10.1 Å². The van der Waals surface area contributed by atoms with Crippen LogP contribution in [-0.2, 0) is 6.42 Å². The number of Topliss-reactive ketones (excluding diaryl/α,β-unsaturated/α-hetero) is 1. The topological polar surface area (TPSA) is 64.1 Å². The van der Waals surface area contributed by atoms with E-state index < -0.39 is 0 Å². The fourth-order valence-corrected chi connectivity index (χ4v) is 3.39. The first-order valence-corrected chi connectivity index (χ1v) is 8.68. The van der Waals surface area contributed by atoms with Crippen LogP contribution in [0.3, 0.4) is 0 Å². The zero-order valence-electron chi connectivity index (χ0n) is 14.8. The normalized spacial score (nSPS) is 15.9. The van der Waals surface area contributed by atoms with Crippen LogP contribution in [0.5, 0.6) is 5.75 Å². The highest BCUT2D eigenvalue weighted by Crippen LogP contribution is 2.36. The number of anilines is 2. The highest BCUT2D eigenvalue weighted by molar-refractivity contribution is 5.98. The molecule has 1 heterocycles. The Kier molecular flexibility index (Phi) is 4.54. The number of carbonyl (C=O) groups excluding carboxylic acids is 1. The number of hydrogen-bond acceptors (Lipinski definition) is 5. The molecule has 1 atom stereocenters. The largest absolute Gasteiger partial charge is 0.496 e. The molecule has 0 bridgehead atoms. The standard InChI is InChI=1S/C21H18FN3O2/c1-27-20-5-3-2-4-16(20)13-10-18-17(19(26)11-13)12-23-21(25-18)24-15-8-6-14(22)7-9-15/h2-9,12-13H,10-11H2,1H3,(H,23,24,25)/t13-/m0/s1. The highest BCUT2D eigenvalue weighted by Gasteiger charge is 2.29. The molecule has 4 rings (SSSR count). The fraction of sp³-hybridized carbons (Fsp3) is 0.190. The van der Waals surface area contributed by atoms with Gasteiger partial charge in [0.15, 0.2) is 5.78 Å². The van der Waals surface area contributed by atoms with Crippen molar-refractivity contribution >= 4 is 17.4 Å². The molecule has 27 heavy (non-hydrogen) atoms. The van der Waals surface area contributed by atoms with Crippen LogP contribution in [0.2, 0.25) is 0 Å². The van der Waals surface area contributed by atoms with Crippen molar-refractivity contribution < 1.29 is 13.9 Å². The Hall–Kier alpha value is -3.28. The number of benzene rings is 2.